The molecule has 1 heterocycles. The van der Waals surface area contributed by atoms with Crippen LogP contribution in [0.3, 0.4) is 0 Å². The molecule has 2 aromatic carbocycles. The zero-order valence-electron chi connectivity index (χ0n) is 16.7. The summed E-state index contributed by atoms with van der Waals surface area (Å²) in [5, 5.41) is 15.4. The van der Waals surface area contributed by atoms with E-state index in [1.54, 1.807) is 17.0 Å². The van der Waals surface area contributed by atoms with E-state index >= 15 is 0 Å². The average Bonchev–Trinajstić information content (AvgIpc) is 2.70. The summed E-state index contributed by atoms with van der Waals surface area (Å²) in [5.74, 6) is 0.186. The SMILES string of the molecule is CC(C)CN1C(=O)CO[C@H](c2ccc(NC(=O)Nc3ccccc3)cc2)[C@H]1CO. The number of morpholine rings is 1. The Kier molecular flexibility index (Phi) is 6.85. The molecule has 2 aromatic rings. The number of aliphatic hydroxyl groups is 1. The van der Waals surface area contributed by atoms with Crippen LogP contribution in [0.15, 0.2) is 54.6 Å². The van der Waals surface area contributed by atoms with Crippen molar-refractivity contribution in [2.24, 2.45) is 5.92 Å². The van der Waals surface area contributed by atoms with Crippen molar-refractivity contribution in [2.75, 3.05) is 30.4 Å². The number of urea groups is 1. The number of carbonyl (C=O) groups excluding carboxylic acids is 2. The molecule has 0 bridgehead atoms. The maximum atomic E-state index is 12.2. The summed E-state index contributed by atoms with van der Waals surface area (Å²) >= 11 is 0. The van der Waals surface area contributed by atoms with Crippen molar-refractivity contribution in [1.29, 1.82) is 0 Å². The number of benzene rings is 2. The zero-order valence-corrected chi connectivity index (χ0v) is 16.7. The molecule has 154 valence electrons. The van der Waals surface area contributed by atoms with Gasteiger partial charge in [0.05, 0.1) is 12.6 Å². The molecule has 3 amide bonds. The number of para-hydroxylation sites is 1. The topological polar surface area (TPSA) is 90.9 Å². The molecule has 1 aliphatic rings. The Balaban J connectivity index is 1.67. The lowest BCUT2D eigenvalue weighted by Crippen LogP contribution is -2.53. The van der Waals surface area contributed by atoms with Crippen molar-refractivity contribution >= 4 is 23.3 Å². The summed E-state index contributed by atoms with van der Waals surface area (Å²) in [6.07, 6.45) is -0.413. The largest absolute Gasteiger partial charge is 0.394 e. The fraction of sp³-hybridized carbons (Fsp3) is 0.364. The van der Waals surface area contributed by atoms with Crippen molar-refractivity contribution in [3.8, 4) is 0 Å². The Morgan fingerprint density at radius 1 is 1.10 bits per heavy atom. The molecule has 0 spiro atoms. The summed E-state index contributed by atoms with van der Waals surface area (Å²) in [7, 11) is 0. The molecule has 1 saturated heterocycles. The third kappa shape index (κ3) is 5.34. The third-order valence-corrected chi connectivity index (χ3v) is 4.73. The van der Waals surface area contributed by atoms with E-state index in [9.17, 15) is 14.7 Å². The Labute approximate surface area is 170 Å². The van der Waals surface area contributed by atoms with Crippen LogP contribution in [-0.2, 0) is 9.53 Å². The number of hydrogen-bond acceptors (Lipinski definition) is 4. The number of rotatable bonds is 6. The van der Waals surface area contributed by atoms with E-state index in [-0.39, 0.29) is 25.2 Å². The summed E-state index contributed by atoms with van der Waals surface area (Å²) in [6.45, 7) is 4.46. The average molecular weight is 397 g/mol. The number of aliphatic hydroxyl groups excluding tert-OH is 1. The van der Waals surface area contributed by atoms with Crippen LogP contribution in [0.1, 0.15) is 25.5 Å². The van der Waals surface area contributed by atoms with Crippen molar-refractivity contribution in [3.63, 3.8) is 0 Å². The van der Waals surface area contributed by atoms with E-state index < -0.39 is 12.1 Å². The van der Waals surface area contributed by atoms with Gasteiger partial charge in [-0.05, 0) is 35.7 Å². The van der Waals surface area contributed by atoms with Gasteiger partial charge in [-0.3, -0.25) is 4.79 Å². The van der Waals surface area contributed by atoms with Crippen LogP contribution in [0.4, 0.5) is 16.2 Å². The Morgan fingerprint density at radius 3 is 2.31 bits per heavy atom. The lowest BCUT2D eigenvalue weighted by Gasteiger charge is -2.41. The number of carbonyl (C=O) groups is 2. The summed E-state index contributed by atoms with van der Waals surface area (Å²) in [6, 6.07) is 15.7. The molecule has 3 rings (SSSR count). The van der Waals surface area contributed by atoms with Gasteiger partial charge in [0.25, 0.3) is 0 Å². The first-order chi connectivity index (χ1) is 14.0. The van der Waals surface area contributed by atoms with Crippen LogP contribution in [0.2, 0.25) is 0 Å². The molecule has 3 N–H and O–H groups in total. The van der Waals surface area contributed by atoms with Crippen molar-refractivity contribution in [3.05, 3.63) is 60.2 Å². The molecule has 0 radical (unpaired) electrons. The smallest absolute Gasteiger partial charge is 0.323 e. The fourth-order valence-corrected chi connectivity index (χ4v) is 3.42. The van der Waals surface area contributed by atoms with Gasteiger partial charge in [-0.25, -0.2) is 4.79 Å². The van der Waals surface area contributed by atoms with Gasteiger partial charge in [-0.15, -0.1) is 0 Å². The van der Waals surface area contributed by atoms with E-state index in [0.717, 1.165) is 5.56 Å². The number of amides is 3. The van der Waals surface area contributed by atoms with Gasteiger partial charge in [-0.1, -0.05) is 44.2 Å². The molecule has 29 heavy (non-hydrogen) atoms. The first kappa shape index (κ1) is 20.8. The summed E-state index contributed by atoms with van der Waals surface area (Å²) < 4.78 is 5.74. The maximum Gasteiger partial charge on any atom is 0.323 e. The Hall–Kier alpha value is -2.90. The van der Waals surface area contributed by atoms with E-state index in [4.69, 9.17) is 4.74 Å². The maximum absolute atomic E-state index is 12.2. The highest BCUT2D eigenvalue weighted by Gasteiger charge is 2.37. The number of nitrogens with zero attached hydrogens (tertiary/aromatic N) is 1. The standard InChI is InChI=1S/C22H27N3O4/c1-15(2)12-25-19(13-26)21(29-14-20(25)27)16-8-10-18(11-9-16)24-22(28)23-17-6-4-3-5-7-17/h3-11,15,19,21,26H,12-14H2,1-2H3,(H2,23,24,28)/t19-,21-/m1/s1. The molecule has 7 heteroatoms. The number of ether oxygens (including phenoxy) is 1. The second-order valence-corrected chi connectivity index (χ2v) is 7.49. The quantitative estimate of drug-likeness (QED) is 0.698. The molecule has 0 aromatic heterocycles. The molecule has 2 atom stereocenters. The van der Waals surface area contributed by atoms with Gasteiger partial charge in [0.15, 0.2) is 0 Å². The van der Waals surface area contributed by atoms with E-state index in [1.807, 2.05) is 56.3 Å². The van der Waals surface area contributed by atoms with Crippen LogP contribution in [0, 0.1) is 5.92 Å². The zero-order chi connectivity index (χ0) is 20.8. The predicted octanol–water partition coefficient (Wildman–Crippen LogP) is 3.25. The predicted molar refractivity (Wildman–Crippen MR) is 112 cm³/mol. The Bertz CT molecular complexity index is 824. The van der Waals surface area contributed by atoms with Gasteiger partial charge < -0.3 is 25.4 Å². The van der Waals surface area contributed by atoms with Crippen LogP contribution in [0.25, 0.3) is 0 Å². The van der Waals surface area contributed by atoms with Crippen molar-refractivity contribution in [1.82, 2.24) is 4.90 Å². The van der Waals surface area contributed by atoms with Crippen LogP contribution >= 0.6 is 0 Å². The lowest BCUT2D eigenvalue weighted by molar-refractivity contribution is -0.161. The highest BCUT2D eigenvalue weighted by atomic mass is 16.5. The minimum atomic E-state index is -0.432. The van der Waals surface area contributed by atoms with Gasteiger partial charge >= 0.3 is 6.03 Å². The highest BCUT2D eigenvalue weighted by molar-refractivity contribution is 5.99. The number of hydrogen-bond donors (Lipinski definition) is 3. The first-order valence-electron chi connectivity index (χ1n) is 9.73. The normalized spacial score (nSPS) is 19.3. The van der Waals surface area contributed by atoms with Gasteiger partial charge in [-0.2, -0.15) is 0 Å². The molecular formula is C22H27N3O4. The molecule has 0 unspecified atom stereocenters. The first-order valence-corrected chi connectivity index (χ1v) is 9.73. The molecular weight excluding hydrogens is 370 g/mol. The molecule has 1 aliphatic heterocycles. The summed E-state index contributed by atoms with van der Waals surface area (Å²) in [5.41, 5.74) is 2.19. The highest BCUT2D eigenvalue weighted by Crippen LogP contribution is 2.30. The van der Waals surface area contributed by atoms with Crippen LogP contribution in [0.5, 0.6) is 0 Å². The van der Waals surface area contributed by atoms with Gasteiger partial charge in [0, 0.05) is 17.9 Å². The second-order valence-electron chi connectivity index (χ2n) is 7.49. The number of anilines is 2. The number of nitrogens with one attached hydrogen (secondary N) is 2. The third-order valence-electron chi connectivity index (χ3n) is 4.73. The van der Waals surface area contributed by atoms with Crippen molar-refractivity contribution < 1.29 is 19.4 Å². The van der Waals surface area contributed by atoms with Gasteiger partial charge in [0.1, 0.15) is 12.7 Å². The van der Waals surface area contributed by atoms with Crippen molar-refractivity contribution in [2.45, 2.75) is 26.0 Å². The van der Waals surface area contributed by atoms with Gasteiger partial charge in [0.2, 0.25) is 5.91 Å². The van der Waals surface area contributed by atoms with E-state index in [1.165, 1.54) is 0 Å². The molecule has 0 saturated carbocycles. The molecule has 0 aliphatic carbocycles. The van der Waals surface area contributed by atoms with Crippen LogP contribution < -0.4 is 10.6 Å². The fourth-order valence-electron chi connectivity index (χ4n) is 3.42. The van der Waals surface area contributed by atoms with E-state index in [2.05, 4.69) is 10.6 Å². The minimum Gasteiger partial charge on any atom is -0.394 e. The lowest BCUT2D eigenvalue weighted by atomic mass is 9.98. The summed E-state index contributed by atoms with van der Waals surface area (Å²) in [4.78, 5) is 26.1. The van der Waals surface area contributed by atoms with E-state index in [0.29, 0.717) is 23.8 Å². The monoisotopic (exact) mass is 397 g/mol. The molecule has 7 nitrogen and oxygen atoms in total. The Morgan fingerprint density at radius 2 is 1.72 bits per heavy atom. The minimum absolute atomic E-state index is 0.00658. The second kappa shape index (κ2) is 9.54. The molecule has 1 fully saturated rings. The van der Waals surface area contributed by atoms with Crippen LogP contribution in [-0.4, -0.2) is 47.7 Å².